The van der Waals surface area contributed by atoms with Crippen LogP contribution in [0.5, 0.6) is 0 Å². The van der Waals surface area contributed by atoms with E-state index >= 15 is 0 Å². The summed E-state index contributed by atoms with van der Waals surface area (Å²) in [6.45, 7) is 3.69. The van der Waals surface area contributed by atoms with Gasteiger partial charge in [0.05, 0.1) is 24.0 Å². The largest absolute Gasteiger partial charge is 0.361 e. The zero-order valence-electron chi connectivity index (χ0n) is 14.0. The molecule has 0 atom stereocenters. The van der Waals surface area contributed by atoms with Gasteiger partial charge in [-0.2, -0.15) is 5.10 Å². The lowest BCUT2D eigenvalue weighted by molar-refractivity contribution is 0.0781. The smallest absolute Gasteiger partial charge is 0.257 e. The summed E-state index contributed by atoms with van der Waals surface area (Å²) in [5.74, 6) is -1.06. The first-order valence-electron chi connectivity index (χ1n) is 7.54. The van der Waals surface area contributed by atoms with Gasteiger partial charge in [0.1, 0.15) is 23.0 Å². The number of aryl methyl sites for hydroxylation is 1. The normalized spacial score (nSPS) is 10.9. The molecule has 3 rings (SSSR count). The molecule has 1 amide bonds. The number of nitrogens with zero attached hydrogens (tertiary/aromatic N) is 4. The van der Waals surface area contributed by atoms with Crippen LogP contribution in [0.1, 0.15) is 27.5 Å². The highest BCUT2D eigenvalue weighted by atomic mass is 19.1. The van der Waals surface area contributed by atoms with Gasteiger partial charge in [-0.3, -0.25) is 4.79 Å². The molecule has 8 heteroatoms. The average Bonchev–Trinajstić information content (AvgIpc) is 3.13. The third-order valence-electron chi connectivity index (χ3n) is 3.80. The van der Waals surface area contributed by atoms with E-state index in [1.165, 1.54) is 21.8 Å². The number of carbonyl (C=O) groups is 1. The molecule has 0 unspecified atom stereocenters. The van der Waals surface area contributed by atoms with Crippen molar-refractivity contribution in [1.82, 2.24) is 19.8 Å². The summed E-state index contributed by atoms with van der Waals surface area (Å²) in [7, 11) is 1.63. The molecule has 0 spiro atoms. The summed E-state index contributed by atoms with van der Waals surface area (Å²) in [6, 6.07) is 4.94. The minimum atomic E-state index is -0.753. The number of aromatic nitrogens is 3. The summed E-state index contributed by atoms with van der Waals surface area (Å²) in [6.07, 6.45) is 1.37. The van der Waals surface area contributed by atoms with Gasteiger partial charge in [-0.05, 0) is 26.0 Å². The summed E-state index contributed by atoms with van der Waals surface area (Å²) in [5.41, 5.74) is 1.49. The highest BCUT2D eigenvalue weighted by molar-refractivity contribution is 5.95. The topological polar surface area (TPSA) is 64.2 Å². The van der Waals surface area contributed by atoms with Crippen LogP contribution in [-0.4, -0.2) is 32.8 Å². The van der Waals surface area contributed by atoms with Gasteiger partial charge in [-0.1, -0.05) is 5.16 Å². The Hall–Kier alpha value is -3.03. The average molecular weight is 346 g/mol. The van der Waals surface area contributed by atoms with Crippen LogP contribution >= 0.6 is 0 Å². The molecule has 0 saturated carbocycles. The van der Waals surface area contributed by atoms with Crippen molar-refractivity contribution in [2.45, 2.75) is 20.4 Å². The van der Waals surface area contributed by atoms with Crippen LogP contribution in [0.25, 0.3) is 5.69 Å². The van der Waals surface area contributed by atoms with E-state index in [0.717, 1.165) is 12.1 Å². The Morgan fingerprint density at radius 3 is 2.68 bits per heavy atom. The first-order chi connectivity index (χ1) is 11.9. The molecule has 0 aliphatic carbocycles. The monoisotopic (exact) mass is 346 g/mol. The maximum Gasteiger partial charge on any atom is 0.257 e. The van der Waals surface area contributed by atoms with Crippen LogP contribution in [0.15, 0.2) is 35.0 Å². The molecule has 0 fully saturated rings. The summed E-state index contributed by atoms with van der Waals surface area (Å²) in [5, 5.41) is 7.92. The lowest BCUT2D eigenvalue weighted by Gasteiger charge is -2.15. The summed E-state index contributed by atoms with van der Waals surface area (Å²) in [4.78, 5) is 14.1. The standard InChI is InChI=1S/C17H16F2N4O2/c1-10-6-13(21-25-10)9-22(3)17(24)14-8-20-23(11(14)2)16-5-4-12(18)7-15(16)19/h4-8H,9H2,1-3H3. The molecule has 1 aromatic carbocycles. The van der Waals surface area contributed by atoms with Crippen molar-refractivity contribution in [2.75, 3.05) is 7.05 Å². The third kappa shape index (κ3) is 3.28. The van der Waals surface area contributed by atoms with Crippen molar-refractivity contribution in [3.8, 4) is 5.69 Å². The van der Waals surface area contributed by atoms with Crippen LogP contribution in [-0.2, 0) is 6.54 Å². The van der Waals surface area contributed by atoms with Crippen LogP contribution in [0.4, 0.5) is 8.78 Å². The van der Waals surface area contributed by atoms with Gasteiger partial charge < -0.3 is 9.42 Å². The van der Waals surface area contributed by atoms with Gasteiger partial charge in [-0.15, -0.1) is 0 Å². The zero-order valence-corrected chi connectivity index (χ0v) is 14.0. The van der Waals surface area contributed by atoms with E-state index in [1.807, 2.05) is 0 Å². The van der Waals surface area contributed by atoms with Crippen molar-refractivity contribution in [1.29, 1.82) is 0 Å². The van der Waals surface area contributed by atoms with Gasteiger partial charge in [0, 0.05) is 19.2 Å². The second-order valence-corrected chi connectivity index (χ2v) is 5.74. The minimum absolute atomic E-state index is 0.0766. The van der Waals surface area contributed by atoms with Gasteiger partial charge in [-0.25, -0.2) is 13.5 Å². The molecule has 3 aromatic rings. The Morgan fingerprint density at radius 2 is 2.04 bits per heavy atom. The maximum absolute atomic E-state index is 14.0. The highest BCUT2D eigenvalue weighted by Crippen LogP contribution is 2.19. The lowest BCUT2D eigenvalue weighted by atomic mass is 10.2. The van der Waals surface area contributed by atoms with Crippen molar-refractivity contribution in [3.63, 3.8) is 0 Å². The molecule has 0 aliphatic heterocycles. The molecule has 0 aliphatic rings. The Balaban J connectivity index is 1.86. The minimum Gasteiger partial charge on any atom is -0.361 e. The second kappa shape index (κ2) is 6.46. The summed E-state index contributed by atoms with van der Waals surface area (Å²) < 4.78 is 33.3. The molecule has 2 aromatic heterocycles. The zero-order chi connectivity index (χ0) is 18.1. The SMILES string of the molecule is Cc1cc(CN(C)C(=O)c2cnn(-c3ccc(F)cc3F)c2C)no1. The Bertz CT molecular complexity index is 933. The molecule has 6 nitrogen and oxygen atoms in total. The Morgan fingerprint density at radius 1 is 1.28 bits per heavy atom. The fourth-order valence-corrected chi connectivity index (χ4v) is 2.53. The predicted molar refractivity (Wildman–Crippen MR) is 85.3 cm³/mol. The quantitative estimate of drug-likeness (QED) is 0.728. The lowest BCUT2D eigenvalue weighted by Crippen LogP contribution is -2.26. The molecule has 2 heterocycles. The van der Waals surface area contributed by atoms with Crippen molar-refractivity contribution >= 4 is 5.91 Å². The number of halogens is 2. The first kappa shape index (κ1) is 16.8. The number of amides is 1. The molecular weight excluding hydrogens is 330 g/mol. The fourth-order valence-electron chi connectivity index (χ4n) is 2.53. The first-order valence-corrected chi connectivity index (χ1v) is 7.54. The molecule has 0 saturated heterocycles. The molecule has 0 N–H and O–H groups in total. The fraction of sp³-hybridized carbons (Fsp3) is 0.235. The molecular formula is C17H16F2N4O2. The Labute approximate surface area is 142 Å². The Kier molecular flexibility index (Phi) is 4.35. The number of benzene rings is 1. The van der Waals surface area contributed by atoms with Gasteiger partial charge >= 0.3 is 0 Å². The van der Waals surface area contributed by atoms with Crippen LogP contribution in [0.3, 0.4) is 0 Å². The number of hydrogen-bond donors (Lipinski definition) is 0. The number of carbonyl (C=O) groups excluding carboxylic acids is 1. The van der Waals surface area contributed by atoms with E-state index in [1.54, 1.807) is 27.0 Å². The van der Waals surface area contributed by atoms with E-state index in [4.69, 9.17) is 4.52 Å². The van der Waals surface area contributed by atoms with Crippen molar-refractivity contribution in [3.05, 3.63) is 64.8 Å². The van der Waals surface area contributed by atoms with E-state index in [9.17, 15) is 13.6 Å². The number of rotatable bonds is 4. The van der Waals surface area contributed by atoms with Crippen molar-refractivity contribution in [2.24, 2.45) is 0 Å². The molecule has 0 bridgehead atoms. The van der Waals surface area contributed by atoms with Gasteiger partial charge in [0.15, 0.2) is 5.82 Å². The van der Waals surface area contributed by atoms with E-state index in [0.29, 0.717) is 22.7 Å². The third-order valence-corrected chi connectivity index (χ3v) is 3.80. The molecule has 0 radical (unpaired) electrons. The highest BCUT2D eigenvalue weighted by Gasteiger charge is 2.21. The maximum atomic E-state index is 14.0. The second-order valence-electron chi connectivity index (χ2n) is 5.74. The van der Waals surface area contributed by atoms with E-state index < -0.39 is 11.6 Å². The summed E-state index contributed by atoms with van der Waals surface area (Å²) >= 11 is 0. The van der Waals surface area contributed by atoms with Gasteiger partial charge in [0.2, 0.25) is 0 Å². The van der Waals surface area contributed by atoms with E-state index in [2.05, 4.69) is 10.3 Å². The predicted octanol–water partition coefficient (Wildman–Crippen LogP) is 3.03. The van der Waals surface area contributed by atoms with Crippen LogP contribution in [0.2, 0.25) is 0 Å². The van der Waals surface area contributed by atoms with E-state index in [-0.39, 0.29) is 18.1 Å². The van der Waals surface area contributed by atoms with Crippen LogP contribution < -0.4 is 0 Å². The molecule has 25 heavy (non-hydrogen) atoms. The molecule has 130 valence electrons. The van der Waals surface area contributed by atoms with Crippen molar-refractivity contribution < 1.29 is 18.1 Å². The van der Waals surface area contributed by atoms with Gasteiger partial charge in [0.25, 0.3) is 5.91 Å². The van der Waals surface area contributed by atoms with Crippen LogP contribution in [0, 0.1) is 25.5 Å². The number of hydrogen-bond acceptors (Lipinski definition) is 4.